The van der Waals surface area contributed by atoms with Crippen molar-refractivity contribution in [3.8, 4) is 0 Å². The Labute approximate surface area is 145 Å². The molecule has 3 aromatic rings. The predicted molar refractivity (Wildman–Crippen MR) is 94.2 cm³/mol. The van der Waals surface area contributed by atoms with E-state index in [1.807, 2.05) is 42.9 Å². The van der Waals surface area contributed by atoms with Crippen molar-refractivity contribution in [3.05, 3.63) is 52.8 Å². The fourth-order valence-corrected chi connectivity index (χ4v) is 2.86. The van der Waals surface area contributed by atoms with Crippen LogP contribution in [0.3, 0.4) is 0 Å². The molecule has 0 spiro atoms. The zero-order valence-corrected chi connectivity index (χ0v) is 14.4. The molecule has 2 heterocycles. The summed E-state index contributed by atoms with van der Waals surface area (Å²) in [5.41, 5.74) is 2.23. The van der Waals surface area contributed by atoms with Crippen molar-refractivity contribution in [2.45, 2.75) is 45.8 Å². The Kier molecular flexibility index (Phi) is 5.02. The number of oxazole rings is 1. The summed E-state index contributed by atoms with van der Waals surface area (Å²) in [4.78, 5) is 24.3. The van der Waals surface area contributed by atoms with Gasteiger partial charge in [-0.1, -0.05) is 19.1 Å². The fraction of sp³-hybridized carbons (Fsp3) is 0.389. The maximum atomic E-state index is 12.3. The van der Waals surface area contributed by atoms with Crippen LogP contribution >= 0.6 is 0 Å². The largest absolute Gasteiger partial charge is 0.419 e. The first-order chi connectivity index (χ1) is 12.1. The quantitative estimate of drug-likeness (QED) is 0.715. The lowest BCUT2D eigenvalue weighted by Crippen LogP contribution is -2.29. The SMILES string of the molecule is CCC(NC(=O)CCn1c(=O)oc2ccccc21)c1cnn(CC)c1. The monoisotopic (exact) mass is 342 g/mol. The van der Waals surface area contributed by atoms with Gasteiger partial charge in [-0.15, -0.1) is 0 Å². The highest BCUT2D eigenvalue weighted by molar-refractivity contribution is 5.77. The van der Waals surface area contributed by atoms with Gasteiger partial charge in [0.1, 0.15) is 0 Å². The van der Waals surface area contributed by atoms with Crippen LogP contribution in [0.15, 0.2) is 45.9 Å². The van der Waals surface area contributed by atoms with Gasteiger partial charge in [0.15, 0.2) is 5.58 Å². The van der Waals surface area contributed by atoms with Crippen LogP contribution < -0.4 is 11.1 Å². The molecular formula is C18H22N4O3. The van der Waals surface area contributed by atoms with Crippen LogP contribution in [0.2, 0.25) is 0 Å². The standard InChI is InChI=1S/C18H22N4O3/c1-3-14(13-11-19-21(4-2)12-13)20-17(23)9-10-22-15-7-5-6-8-16(15)25-18(22)24/h5-8,11-12,14H,3-4,9-10H2,1-2H3,(H,20,23). The highest BCUT2D eigenvalue weighted by Gasteiger charge is 2.16. The van der Waals surface area contributed by atoms with Crippen molar-refractivity contribution < 1.29 is 9.21 Å². The number of nitrogens with zero attached hydrogens (tertiary/aromatic N) is 3. The van der Waals surface area contributed by atoms with Crippen molar-refractivity contribution in [1.82, 2.24) is 19.7 Å². The van der Waals surface area contributed by atoms with Crippen LogP contribution in [0, 0.1) is 0 Å². The van der Waals surface area contributed by atoms with Crippen molar-refractivity contribution in [2.75, 3.05) is 0 Å². The molecule has 0 aliphatic carbocycles. The second-order valence-electron chi connectivity index (χ2n) is 5.90. The van der Waals surface area contributed by atoms with Crippen LogP contribution in [0.1, 0.15) is 38.3 Å². The molecule has 0 saturated carbocycles. The third kappa shape index (κ3) is 3.65. The minimum absolute atomic E-state index is 0.0781. The van der Waals surface area contributed by atoms with Crippen LogP contribution in [0.4, 0.5) is 0 Å². The van der Waals surface area contributed by atoms with Crippen LogP contribution in [-0.2, 0) is 17.9 Å². The molecule has 1 unspecified atom stereocenters. The maximum absolute atomic E-state index is 12.3. The van der Waals surface area contributed by atoms with Gasteiger partial charge in [0.05, 0.1) is 17.8 Å². The molecule has 3 rings (SSSR count). The van der Waals surface area contributed by atoms with Crippen LogP contribution in [-0.4, -0.2) is 20.3 Å². The second kappa shape index (κ2) is 7.38. The number of carbonyl (C=O) groups excluding carboxylic acids is 1. The molecule has 25 heavy (non-hydrogen) atoms. The summed E-state index contributed by atoms with van der Waals surface area (Å²) in [5, 5.41) is 7.26. The first-order valence-electron chi connectivity index (χ1n) is 8.52. The Morgan fingerprint density at radius 2 is 2.12 bits per heavy atom. The number of rotatable bonds is 7. The summed E-state index contributed by atoms with van der Waals surface area (Å²) in [5.74, 6) is -0.543. The van der Waals surface area contributed by atoms with E-state index >= 15 is 0 Å². The van der Waals surface area contributed by atoms with E-state index in [9.17, 15) is 9.59 Å². The van der Waals surface area contributed by atoms with E-state index in [-0.39, 0.29) is 24.9 Å². The number of nitrogens with one attached hydrogen (secondary N) is 1. The topological polar surface area (TPSA) is 82.1 Å². The van der Waals surface area contributed by atoms with Gasteiger partial charge in [-0.05, 0) is 25.5 Å². The minimum Gasteiger partial charge on any atom is -0.408 e. The third-order valence-electron chi connectivity index (χ3n) is 4.26. The molecular weight excluding hydrogens is 320 g/mol. The summed E-state index contributed by atoms with van der Waals surface area (Å²) >= 11 is 0. The van der Waals surface area contributed by atoms with Crippen molar-refractivity contribution in [3.63, 3.8) is 0 Å². The molecule has 7 heteroatoms. The van der Waals surface area contributed by atoms with Crippen molar-refractivity contribution in [2.24, 2.45) is 0 Å². The number of amides is 1. The van der Waals surface area contributed by atoms with E-state index in [4.69, 9.17) is 4.42 Å². The Bertz CT molecular complexity index is 922. The minimum atomic E-state index is -0.440. The normalized spacial score (nSPS) is 12.4. The van der Waals surface area contributed by atoms with Gasteiger partial charge in [0, 0.05) is 31.3 Å². The Morgan fingerprint density at radius 3 is 2.84 bits per heavy atom. The molecule has 1 amide bonds. The van der Waals surface area contributed by atoms with Gasteiger partial charge < -0.3 is 9.73 Å². The smallest absolute Gasteiger partial charge is 0.408 e. The summed E-state index contributed by atoms with van der Waals surface area (Å²) in [7, 11) is 0. The fourth-order valence-electron chi connectivity index (χ4n) is 2.86. The first kappa shape index (κ1) is 17.0. The number of aromatic nitrogens is 3. The number of aryl methyl sites for hydroxylation is 2. The Hall–Kier alpha value is -2.83. The molecule has 0 aliphatic heterocycles. The first-order valence-corrected chi connectivity index (χ1v) is 8.52. The summed E-state index contributed by atoms with van der Waals surface area (Å²) < 4.78 is 8.51. The van der Waals surface area contributed by atoms with Gasteiger partial charge in [0.2, 0.25) is 5.91 Å². The van der Waals surface area contributed by atoms with Gasteiger partial charge >= 0.3 is 5.76 Å². The number of para-hydroxylation sites is 2. The highest BCUT2D eigenvalue weighted by atomic mass is 16.4. The number of fused-ring (bicyclic) bond motifs is 1. The van der Waals surface area contributed by atoms with Gasteiger partial charge in [-0.25, -0.2) is 4.79 Å². The lowest BCUT2D eigenvalue weighted by molar-refractivity contribution is -0.122. The average Bonchev–Trinajstić information content (AvgIpc) is 3.21. The number of hydrogen-bond donors (Lipinski definition) is 1. The van der Waals surface area contributed by atoms with E-state index in [1.165, 1.54) is 4.57 Å². The highest BCUT2D eigenvalue weighted by Crippen LogP contribution is 2.16. The summed E-state index contributed by atoms with van der Waals surface area (Å²) in [6.07, 6.45) is 4.71. The van der Waals surface area contributed by atoms with E-state index in [2.05, 4.69) is 10.4 Å². The molecule has 0 aliphatic rings. The van der Waals surface area contributed by atoms with Gasteiger partial charge in [0.25, 0.3) is 0 Å². The lowest BCUT2D eigenvalue weighted by atomic mass is 10.1. The average molecular weight is 342 g/mol. The third-order valence-corrected chi connectivity index (χ3v) is 4.26. The molecule has 0 saturated heterocycles. The number of carbonyl (C=O) groups is 1. The second-order valence-corrected chi connectivity index (χ2v) is 5.90. The maximum Gasteiger partial charge on any atom is 0.419 e. The van der Waals surface area contributed by atoms with Crippen LogP contribution in [0.25, 0.3) is 11.1 Å². The van der Waals surface area contributed by atoms with E-state index in [1.54, 1.807) is 12.3 Å². The molecule has 0 fully saturated rings. The molecule has 7 nitrogen and oxygen atoms in total. The van der Waals surface area contributed by atoms with Crippen LogP contribution in [0.5, 0.6) is 0 Å². The molecule has 0 bridgehead atoms. The number of benzene rings is 1. The Balaban J connectivity index is 1.65. The summed E-state index contributed by atoms with van der Waals surface area (Å²) in [6, 6.07) is 7.13. The molecule has 2 aromatic heterocycles. The van der Waals surface area contributed by atoms with E-state index in [0.29, 0.717) is 11.1 Å². The Morgan fingerprint density at radius 1 is 1.32 bits per heavy atom. The van der Waals surface area contributed by atoms with Gasteiger partial charge in [-0.2, -0.15) is 5.10 Å². The molecule has 0 radical (unpaired) electrons. The van der Waals surface area contributed by atoms with E-state index < -0.39 is 5.76 Å². The molecule has 1 atom stereocenters. The molecule has 1 aromatic carbocycles. The van der Waals surface area contributed by atoms with Crippen molar-refractivity contribution in [1.29, 1.82) is 0 Å². The number of hydrogen-bond acceptors (Lipinski definition) is 4. The predicted octanol–water partition coefficient (Wildman–Crippen LogP) is 2.47. The summed E-state index contributed by atoms with van der Waals surface area (Å²) in [6.45, 7) is 5.11. The van der Waals surface area contributed by atoms with Crippen molar-refractivity contribution >= 4 is 17.0 Å². The zero-order valence-electron chi connectivity index (χ0n) is 14.4. The lowest BCUT2D eigenvalue weighted by Gasteiger charge is -2.15. The van der Waals surface area contributed by atoms with E-state index in [0.717, 1.165) is 18.5 Å². The molecule has 132 valence electrons. The molecule has 1 N–H and O–H groups in total. The van der Waals surface area contributed by atoms with Gasteiger partial charge in [-0.3, -0.25) is 14.0 Å². The zero-order chi connectivity index (χ0) is 17.8.